The molecule has 0 bridgehead atoms. The van der Waals surface area contributed by atoms with Crippen molar-refractivity contribution in [3.8, 4) is 0 Å². The maximum atomic E-state index is 11.7. The summed E-state index contributed by atoms with van der Waals surface area (Å²) in [5.41, 5.74) is 6.79. The zero-order chi connectivity index (χ0) is 10.5. The van der Waals surface area contributed by atoms with Gasteiger partial charge in [0, 0.05) is 23.2 Å². The van der Waals surface area contributed by atoms with Crippen molar-refractivity contribution in [1.29, 1.82) is 0 Å². The molecule has 4 nitrogen and oxygen atoms in total. The van der Waals surface area contributed by atoms with Crippen molar-refractivity contribution >= 4 is 11.8 Å². The van der Waals surface area contributed by atoms with Crippen molar-refractivity contribution in [3.63, 3.8) is 0 Å². The average Bonchev–Trinajstić information content (AvgIpc) is 2.27. The summed E-state index contributed by atoms with van der Waals surface area (Å²) in [7, 11) is 0. The molecule has 1 aliphatic heterocycles. The summed E-state index contributed by atoms with van der Waals surface area (Å²) in [5.74, 6) is -0.270. The molecule has 4 heteroatoms. The lowest BCUT2D eigenvalue weighted by atomic mass is 9.86. The van der Waals surface area contributed by atoms with Crippen molar-refractivity contribution in [3.05, 3.63) is 11.1 Å². The largest absolute Gasteiger partial charge is 0.328 e. The second-order valence-electron chi connectivity index (χ2n) is 4.12. The maximum absolute atomic E-state index is 11.7. The Morgan fingerprint density at radius 3 is 1.93 bits per heavy atom. The quantitative estimate of drug-likeness (QED) is 0.606. The highest BCUT2D eigenvalue weighted by Gasteiger charge is 2.42. The second-order valence-corrected chi connectivity index (χ2v) is 4.12. The number of imide groups is 1. The van der Waals surface area contributed by atoms with E-state index < -0.39 is 0 Å². The lowest BCUT2D eigenvalue weighted by molar-refractivity contribution is -0.142. The molecule has 1 heterocycles. The van der Waals surface area contributed by atoms with Gasteiger partial charge in [0.1, 0.15) is 0 Å². The number of hydrogen-bond acceptors (Lipinski definition) is 3. The topological polar surface area (TPSA) is 63.4 Å². The molecule has 0 aromatic carbocycles. The Morgan fingerprint density at radius 2 is 1.57 bits per heavy atom. The normalized spacial score (nSPS) is 32.6. The van der Waals surface area contributed by atoms with E-state index in [4.69, 9.17) is 5.73 Å². The number of amides is 2. The van der Waals surface area contributed by atoms with Gasteiger partial charge < -0.3 is 5.73 Å². The van der Waals surface area contributed by atoms with Gasteiger partial charge in [-0.05, 0) is 26.7 Å². The lowest BCUT2D eigenvalue weighted by Crippen LogP contribution is -2.53. The van der Waals surface area contributed by atoms with Crippen molar-refractivity contribution < 1.29 is 9.59 Å². The summed E-state index contributed by atoms with van der Waals surface area (Å²) >= 11 is 0. The number of carbonyl (C=O) groups excluding carboxylic acids is 2. The predicted molar refractivity (Wildman–Crippen MR) is 51.2 cm³/mol. The molecule has 0 aromatic rings. The Balaban J connectivity index is 2.17. The smallest absolute Gasteiger partial charge is 0.257 e. The van der Waals surface area contributed by atoms with Crippen molar-refractivity contribution in [2.24, 2.45) is 5.73 Å². The average molecular weight is 194 g/mol. The van der Waals surface area contributed by atoms with Crippen LogP contribution < -0.4 is 5.73 Å². The standard InChI is InChI=1S/C10H14N2O2/c1-5-6(2)10(14)12(9(5)13)8-3-7(11)4-8/h7-8H,3-4,11H2,1-2H3. The van der Waals surface area contributed by atoms with E-state index in [1.165, 1.54) is 4.90 Å². The van der Waals surface area contributed by atoms with Crippen LogP contribution in [0.2, 0.25) is 0 Å². The molecule has 0 radical (unpaired) electrons. The molecule has 0 atom stereocenters. The molecule has 1 aliphatic carbocycles. The van der Waals surface area contributed by atoms with Gasteiger partial charge in [-0.2, -0.15) is 0 Å². The van der Waals surface area contributed by atoms with Gasteiger partial charge in [-0.25, -0.2) is 0 Å². The number of hydrogen-bond donors (Lipinski definition) is 1. The molecular formula is C10H14N2O2. The molecular weight excluding hydrogens is 180 g/mol. The first kappa shape index (κ1) is 9.40. The molecule has 14 heavy (non-hydrogen) atoms. The van der Waals surface area contributed by atoms with Crippen LogP contribution in [-0.2, 0) is 9.59 Å². The molecule has 0 saturated heterocycles. The third kappa shape index (κ3) is 1.10. The van der Waals surface area contributed by atoms with Crippen LogP contribution in [0.5, 0.6) is 0 Å². The third-order valence-electron chi connectivity index (χ3n) is 3.16. The molecule has 76 valence electrons. The van der Waals surface area contributed by atoms with Gasteiger partial charge in [-0.15, -0.1) is 0 Å². The molecule has 2 N–H and O–H groups in total. The number of carbonyl (C=O) groups is 2. The Morgan fingerprint density at radius 1 is 1.14 bits per heavy atom. The number of nitrogens with two attached hydrogens (primary N) is 1. The Labute approximate surface area is 82.7 Å². The number of nitrogens with zero attached hydrogens (tertiary/aromatic N) is 1. The summed E-state index contributed by atoms with van der Waals surface area (Å²) in [6.07, 6.45) is 1.50. The summed E-state index contributed by atoms with van der Waals surface area (Å²) in [5, 5.41) is 0. The van der Waals surface area contributed by atoms with E-state index in [0.717, 1.165) is 12.8 Å². The van der Waals surface area contributed by atoms with Crippen LogP contribution in [0.15, 0.2) is 11.1 Å². The zero-order valence-electron chi connectivity index (χ0n) is 8.41. The fraction of sp³-hybridized carbons (Fsp3) is 0.600. The Hall–Kier alpha value is -1.16. The van der Waals surface area contributed by atoms with E-state index in [-0.39, 0.29) is 23.9 Å². The van der Waals surface area contributed by atoms with Crippen LogP contribution in [-0.4, -0.2) is 28.8 Å². The van der Waals surface area contributed by atoms with Gasteiger partial charge in [0.15, 0.2) is 0 Å². The van der Waals surface area contributed by atoms with Gasteiger partial charge in [0.05, 0.1) is 0 Å². The van der Waals surface area contributed by atoms with Crippen LogP contribution in [0.4, 0.5) is 0 Å². The maximum Gasteiger partial charge on any atom is 0.257 e. The molecule has 0 unspecified atom stereocenters. The molecule has 2 aliphatic rings. The SMILES string of the molecule is CC1=C(C)C(=O)N(C2CC(N)C2)C1=O. The van der Waals surface area contributed by atoms with Gasteiger partial charge in [-0.3, -0.25) is 14.5 Å². The highest BCUT2D eigenvalue weighted by atomic mass is 16.2. The fourth-order valence-corrected chi connectivity index (χ4v) is 1.95. The van der Waals surface area contributed by atoms with Crippen molar-refractivity contribution in [2.45, 2.75) is 38.8 Å². The van der Waals surface area contributed by atoms with Gasteiger partial charge in [-0.1, -0.05) is 0 Å². The molecule has 1 fully saturated rings. The Kier molecular flexibility index (Phi) is 1.96. The third-order valence-corrected chi connectivity index (χ3v) is 3.16. The first-order valence-electron chi connectivity index (χ1n) is 4.83. The molecule has 0 aromatic heterocycles. The summed E-state index contributed by atoms with van der Waals surface area (Å²) < 4.78 is 0. The molecule has 2 amide bonds. The van der Waals surface area contributed by atoms with E-state index in [9.17, 15) is 9.59 Å². The van der Waals surface area contributed by atoms with E-state index in [1.54, 1.807) is 13.8 Å². The minimum absolute atomic E-state index is 0.0393. The molecule has 0 spiro atoms. The van der Waals surface area contributed by atoms with Crippen LogP contribution in [0.3, 0.4) is 0 Å². The Bertz CT molecular complexity index is 316. The number of rotatable bonds is 1. The summed E-state index contributed by atoms with van der Waals surface area (Å²) in [6, 6.07) is 0.194. The monoisotopic (exact) mass is 194 g/mol. The highest BCUT2D eigenvalue weighted by molar-refractivity contribution is 6.19. The van der Waals surface area contributed by atoms with Gasteiger partial charge in [0.2, 0.25) is 0 Å². The molecule has 1 saturated carbocycles. The van der Waals surface area contributed by atoms with Crippen LogP contribution in [0, 0.1) is 0 Å². The van der Waals surface area contributed by atoms with E-state index in [1.807, 2.05) is 0 Å². The van der Waals surface area contributed by atoms with E-state index >= 15 is 0 Å². The van der Waals surface area contributed by atoms with Crippen molar-refractivity contribution in [1.82, 2.24) is 4.90 Å². The van der Waals surface area contributed by atoms with Gasteiger partial charge >= 0.3 is 0 Å². The van der Waals surface area contributed by atoms with Crippen LogP contribution in [0.25, 0.3) is 0 Å². The molecule has 2 rings (SSSR count). The fourth-order valence-electron chi connectivity index (χ4n) is 1.95. The lowest BCUT2D eigenvalue weighted by Gasteiger charge is -2.38. The first-order chi connectivity index (χ1) is 6.52. The van der Waals surface area contributed by atoms with E-state index in [0.29, 0.717) is 11.1 Å². The summed E-state index contributed by atoms with van der Waals surface area (Å²) in [6.45, 7) is 3.41. The van der Waals surface area contributed by atoms with Crippen LogP contribution >= 0.6 is 0 Å². The summed E-state index contributed by atoms with van der Waals surface area (Å²) in [4.78, 5) is 24.7. The van der Waals surface area contributed by atoms with Crippen molar-refractivity contribution in [2.75, 3.05) is 0 Å². The minimum atomic E-state index is -0.135. The van der Waals surface area contributed by atoms with E-state index in [2.05, 4.69) is 0 Å². The zero-order valence-corrected chi connectivity index (χ0v) is 8.41. The van der Waals surface area contributed by atoms with Gasteiger partial charge in [0.25, 0.3) is 11.8 Å². The minimum Gasteiger partial charge on any atom is -0.328 e. The first-order valence-corrected chi connectivity index (χ1v) is 4.83. The predicted octanol–water partition coefficient (Wildman–Crippen LogP) is 0.181. The second kappa shape index (κ2) is 2.92. The highest BCUT2D eigenvalue weighted by Crippen LogP contribution is 2.30. The van der Waals surface area contributed by atoms with Crippen LogP contribution in [0.1, 0.15) is 26.7 Å².